The molecule has 0 spiro atoms. The van der Waals surface area contributed by atoms with Crippen molar-refractivity contribution < 1.29 is 13.7 Å². The number of aromatic nitrogens is 2. The maximum Gasteiger partial charge on any atom is 0.288 e. The Bertz CT molecular complexity index is 970. The van der Waals surface area contributed by atoms with Gasteiger partial charge in [0.1, 0.15) is 11.1 Å². The summed E-state index contributed by atoms with van der Waals surface area (Å²) in [6.07, 6.45) is 4.70. The van der Waals surface area contributed by atoms with Gasteiger partial charge in [0.2, 0.25) is 5.89 Å². The molecule has 0 unspecified atom stereocenters. The molecule has 0 saturated heterocycles. The predicted octanol–water partition coefficient (Wildman–Crippen LogP) is 4.68. The predicted molar refractivity (Wildman–Crippen MR) is 97.2 cm³/mol. The van der Waals surface area contributed by atoms with Crippen LogP contribution in [0.5, 0.6) is 0 Å². The Morgan fingerprint density at radius 3 is 2.69 bits per heavy atom. The van der Waals surface area contributed by atoms with E-state index in [4.69, 9.17) is 20.5 Å². The van der Waals surface area contributed by atoms with Crippen LogP contribution < -0.4 is 5.32 Å². The van der Waals surface area contributed by atoms with Gasteiger partial charge in [0.15, 0.2) is 11.6 Å². The molecule has 3 aromatic rings. The van der Waals surface area contributed by atoms with Gasteiger partial charge in [-0.3, -0.25) is 4.79 Å². The molecule has 0 atom stereocenters. The van der Waals surface area contributed by atoms with Gasteiger partial charge in [0.25, 0.3) is 5.91 Å². The second-order valence-electron chi connectivity index (χ2n) is 6.93. The number of hydrogen-bond acceptors (Lipinski definition) is 5. The fraction of sp³-hybridized carbons (Fsp3) is 0.421. The van der Waals surface area contributed by atoms with Crippen LogP contribution in [0.4, 0.5) is 0 Å². The molecule has 4 rings (SSSR count). The van der Waals surface area contributed by atoms with Gasteiger partial charge in [-0.2, -0.15) is 4.98 Å². The van der Waals surface area contributed by atoms with Gasteiger partial charge in [-0.25, -0.2) is 0 Å². The molecule has 1 aliphatic carbocycles. The number of amides is 1. The van der Waals surface area contributed by atoms with Crippen LogP contribution in [0.1, 0.15) is 59.9 Å². The van der Waals surface area contributed by atoms with Gasteiger partial charge in [0.05, 0.1) is 0 Å². The third kappa shape index (κ3) is 2.88. The lowest BCUT2D eigenvalue weighted by molar-refractivity contribution is 0.0828. The van der Waals surface area contributed by atoms with Gasteiger partial charge in [-0.1, -0.05) is 36.0 Å². The Morgan fingerprint density at radius 2 is 2.00 bits per heavy atom. The number of hydrogen-bond donors (Lipinski definition) is 1. The van der Waals surface area contributed by atoms with E-state index in [2.05, 4.69) is 15.5 Å². The van der Waals surface area contributed by atoms with Crippen LogP contribution in [0.15, 0.2) is 27.1 Å². The Hall–Kier alpha value is -2.34. The minimum Gasteiger partial charge on any atom is -0.451 e. The Morgan fingerprint density at radius 1 is 1.23 bits per heavy atom. The number of fused-ring (bicyclic) bond motifs is 1. The largest absolute Gasteiger partial charge is 0.451 e. The SMILES string of the molecule is Cc1nc(C2(NC(=O)c3oc4ccc(Cl)cc4c3C)CCCCC2)no1. The molecule has 1 saturated carbocycles. The average Bonchev–Trinajstić information content (AvgIpc) is 3.20. The molecule has 26 heavy (non-hydrogen) atoms. The molecule has 1 N–H and O–H groups in total. The van der Waals surface area contributed by atoms with Crippen LogP contribution in [0.2, 0.25) is 5.02 Å². The van der Waals surface area contributed by atoms with E-state index in [0.29, 0.717) is 28.1 Å². The van der Waals surface area contributed by atoms with E-state index in [-0.39, 0.29) is 5.91 Å². The minimum absolute atomic E-state index is 0.265. The molecule has 2 heterocycles. The highest BCUT2D eigenvalue weighted by molar-refractivity contribution is 6.31. The number of nitrogens with zero attached hydrogens (tertiary/aromatic N) is 2. The summed E-state index contributed by atoms with van der Waals surface area (Å²) in [5.74, 6) is 1.07. The first-order valence-corrected chi connectivity index (χ1v) is 9.18. The summed E-state index contributed by atoms with van der Waals surface area (Å²) >= 11 is 6.07. The van der Waals surface area contributed by atoms with Crippen molar-refractivity contribution in [3.63, 3.8) is 0 Å². The first kappa shape index (κ1) is 17.1. The second-order valence-corrected chi connectivity index (χ2v) is 7.37. The van der Waals surface area contributed by atoms with E-state index in [1.165, 1.54) is 0 Å². The average molecular weight is 374 g/mol. The number of rotatable bonds is 3. The van der Waals surface area contributed by atoms with E-state index in [1.54, 1.807) is 19.1 Å². The zero-order valence-corrected chi connectivity index (χ0v) is 15.5. The quantitative estimate of drug-likeness (QED) is 0.721. The summed E-state index contributed by atoms with van der Waals surface area (Å²) < 4.78 is 11.0. The van der Waals surface area contributed by atoms with Crippen molar-refractivity contribution in [1.82, 2.24) is 15.5 Å². The third-order valence-corrected chi connectivity index (χ3v) is 5.36. The molecule has 1 amide bonds. The highest BCUT2D eigenvalue weighted by Gasteiger charge is 2.40. The highest BCUT2D eigenvalue weighted by atomic mass is 35.5. The topological polar surface area (TPSA) is 81.2 Å². The van der Waals surface area contributed by atoms with E-state index >= 15 is 0 Å². The minimum atomic E-state index is -0.615. The van der Waals surface area contributed by atoms with Crippen molar-refractivity contribution in [2.24, 2.45) is 0 Å². The second kappa shape index (κ2) is 6.43. The van der Waals surface area contributed by atoms with Crippen molar-refractivity contribution in [3.05, 3.63) is 46.3 Å². The molecule has 2 aromatic heterocycles. The van der Waals surface area contributed by atoms with Crippen molar-refractivity contribution in [3.8, 4) is 0 Å². The molecule has 0 aliphatic heterocycles. The van der Waals surface area contributed by atoms with Crippen LogP contribution in [0, 0.1) is 13.8 Å². The number of benzene rings is 1. The Balaban J connectivity index is 1.70. The third-order valence-electron chi connectivity index (χ3n) is 5.12. The zero-order valence-electron chi connectivity index (χ0n) is 14.8. The van der Waals surface area contributed by atoms with Gasteiger partial charge in [0, 0.05) is 22.9 Å². The van der Waals surface area contributed by atoms with Gasteiger partial charge in [-0.05, 0) is 38.0 Å². The number of nitrogens with one attached hydrogen (secondary N) is 1. The highest BCUT2D eigenvalue weighted by Crippen LogP contribution is 2.36. The standard InChI is InChI=1S/C19H20ClN3O3/c1-11-14-10-13(20)6-7-15(14)25-16(11)17(24)22-19(8-4-3-5-9-19)18-21-12(2)26-23-18/h6-7,10H,3-5,8-9H2,1-2H3,(H,22,24). The fourth-order valence-electron chi connectivity index (χ4n) is 3.74. The molecule has 1 aromatic carbocycles. The van der Waals surface area contributed by atoms with Gasteiger partial charge >= 0.3 is 0 Å². The van der Waals surface area contributed by atoms with Crippen molar-refractivity contribution in [2.45, 2.75) is 51.5 Å². The molecule has 0 bridgehead atoms. The van der Waals surface area contributed by atoms with Crippen LogP contribution in [0.25, 0.3) is 11.0 Å². The number of furan rings is 1. The number of carbonyl (C=O) groups is 1. The first-order chi connectivity index (χ1) is 12.5. The number of halogens is 1. The molecular weight excluding hydrogens is 354 g/mol. The van der Waals surface area contributed by atoms with Gasteiger partial charge < -0.3 is 14.3 Å². The smallest absolute Gasteiger partial charge is 0.288 e. The summed E-state index contributed by atoms with van der Waals surface area (Å²) in [6.45, 7) is 3.62. The van der Waals surface area contributed by atoms with E-state index in [1.807, 2.05) is 13.0 Å². The molecular formula is C19H20ClN3O3. The zero-order chi connectivity index (χ0) is 18.3. The first-order valence-electron chi connectivity index (χ1n) is 8.80. The molecule has 136 valence electrons. The summed E-state index contributed by atoms with van der Waals surface area (Å²) in [4.78, 5) is 17.4. The summed E-state index contributed by atoms with van der Waals surface area (Å²) in [7, 11) is 0. The van der Waals surface area contributed by atoms with Crippen molar-refractivity contribution >= 4 is 28.5 Å². The summed E-state index contributed by atoms with van der Waals surface area (Å²) in [5.41, 5.74) is 0.802. The van der Waals surface area contributed by atoms with Crippen LogP contribution in [0.3, 0.4) is 0 Å². The van der Waals surface area contributed by atoms with Crippen LogP contribution in [-0.2, 0) is 5.54 Å². The molecule has 1 aliphatic rings. The monoisotopic (exact) mass is 373 g/mol. The maximum absolute atomic E-state index is 13.0. The summed E-state index contributed by atoms with van der Waals surface area (Å²) in [6, 6.07) is 5.34. The van der Waals surface area contributed by atoms with Crippen LogP contribution in [-0.4, -0.2) is 16.0 Å². The van der Waals surface area contributed by atoms with Crippen molar-refractivity contribution in [1.29, 1.82) is 0 Å². The Labute approximate surface area is 155 Å². The van der Waals surface area contributed by atoms with E-state index in [9.17, 15) is 4.79 Å². The molecule has 1 fully saturated rings. The van der Waals surface area contributed by atoms with Gasteiger partial charge in [-0.15, -0.1) is 0 Å². The summed E-state index contributed by atoms with van der Waals surface area (Å²) in [5, 5.41) is 8.68. The van der Waals surface area contributed by atoms with Crippen LogP contribution >= 0.6 is 11.6 Å². The molecule has 6 nitrogen and oxygen atoms in total. The molecule has 7 heteroatoms. The fourth-order valence-corrected chi connectivity index (χ4v) is 3.91. The normalized spacial score (nSPS) is 16.7. The number of carbonyl (C=O) groups excluding carboxylic acids is 1. The van der Waals surface area contributed by atoms with E-state index in [0.717, 1.165) is 43.1 Å². The lowest BCUT2D eigenvalue weighted by atomic mass is 9.81. The lowest BCUT2D eigenvalue weighted by Gasteiger charge is -2.35. The maximum atomic E-state index is 13.0. The molecule has 0 radical (unpaired) electrons. The Kier molecular flexibility index (Phi) is 4.23. The van der Waals surface area contributed by atoms with Crippen molar-refractivity contribution in [2.75, 3.05) is 0 Å². The number of aryl methyl sites for hydroxylation is 2. The van der Waals surface area contributed by atoms with E-state index < -0.39 is 5.54 Å². The lowest BCUT2D eigenvalue weighted by Crippen LogP contribution is -2.48.